The Morgan fingerprint density at radius 2 is 1.81 bits per heavy atom. The van der Waals surface area contributed by atoms with E-state index in [1.54, 1.807) is 38.1 Å². The highest BCUT2D eigenvalue weighted by atomic mass is 16.4. The lowest BCUT2D eigenvalue weighted by Crippen LogP contribution is -2.51. The Labute approximate surface area is 157 Å². The van der Waals surface area contributed by atoms with Crippen LogP contribution in [-0.4, -0.2) is 28.8 Å². The molecule has 1 aliphatic carbocycles. The molecule has 1 saturated carbocycles. The van der Waals surface area contributed by atoms with Crippen LogP contribution in [0.15, 0.2) is 24.3 Å². The normalized spacial score (nSPS) is 29.0. The van der Waals surface area contributed by atoms with E-state index >= 15 is 0 Å². The topological polar surface area (TPSA) is 113 Å². The van der Waals surface area contributed by atoms with E-state index in [1.165, 1.54) is 0 Å². The Morgan fingerprint density at radius 1 is 1.19 bits per heavy atom. The standard InChI is InChI=1S/C20H24N2O5/c1-4-20(10-9-13(23)22-18(20)27)11-5-7-12(8-6-11)21-16(24)14-15(17(25)26)19(14,2)3/h5-8,14-15H,4,9-10H2,1-3H3,(H,21,24)(H,25,26)(H,22,23,27)/t14-,15-,20+/m1/s1. The predicted octanol–water partition coefficient (Wildman–Crippen LogP) is 2.07. The molecule has 0 aromatic heterocycles. The summed E-state index contributed by atoms with van der Waals surface area (Å²) in [6.07, 6.45) is 1.32. The average molecular weight is 372 g/mol. The highest BCUT2D eigenvalue weighted by Gasteiger charge is 2.65. The molecule has 3 atom stereocenters. The number of benzene rings is 1. The molecule has 3 N–H and O–H groups in total. The van der Waals surface area contributed by atoms with Gasteiger partial charge in [-0.1, -0.05) is 32.9 Å². The number of nitrogens with one attached hydrogen (secondary N) is 2. The van der Waals surface area contributed by atoms with Gasteiger partial charge < -0.3 is 10.4 Å². The van der Waals surface area contributed by atoms with Crippen molar-refractivity contribution in [3.8, 4) is 0 Å². The van der Waals surface area contributed by atoms with Gasteiger partial charge in [0, 0.05) is 12.1 Å². The summed E-state index contributed by atoms with van der Waals surface area (Å²) in [5.74, 6) is -3.06. The van der Waals surface area contributed by atoms with Crippen molar-refractivity contribution in [2.24, 2.45) is 17.3 Å². The largest absolute Gasteiger partial charge is 0.481 e. The average Bonchev–Trinajstić information content (AvgIpc) is 3.19. The van der Waals surface area contributed by atoms with Gasteiger partial charge in [0.15, 0.2) is 0 Å². The van der Waals surface area contributed by atoms with Gasteiger partial charge in [0.1, 0.15) is 0 Å². The summed E-state index contributed by atoms with van der Waals surface area (Å²) in [7, 11) is 0. The molecule has 0 bridgehead atoms. The van der Waals surface area contributed by atoms with Crippen molar-refractivity contribution < 1.29 is 24.3 Å². The predicted molar refractivity (Wildman–Crippen MR) is 97.8 cm³/mol. The Balaban J connectivity index is 1.74. The van der Waals surface area contributed by atoms with Crippen molar-refractivity contribution in [3.63, 3.8) is 0 Å². The Morgan fingerprint density at radius 3 is 2.30 bits per heavy atom. The van der Waals surface area contributed by atoms with E-state index in [1.807, 2.05) is 6.92 Å². The zero-order valence-corrected chi connectivity index (χ0v) is 15.7. The molecule has 1 heterocycles. The Kier molecular flexibility index (Phi) is 4.57. The minimum Gasteiger partial charge on any atom is -0.481 e. The first-order valence-electron chi connectivity index (χ1n) is 9.12. The molecular weight excluding hydrogens is 348 g/mol. The molecule has 1 aliphatic heterocycles. The number of amides is 3. The molecule has 144 valence electrons. The summed E-state index contributed by atoms with van der Waals surface area (Å²) in [5, 5.41) is 14.4. The lowest BCUT2D eigenvalue weighted by Gasteiger charge is -2.35. The summed E-state index contributed by atoms with van der Waals surface area (Å²) in [4.78, 5) is 47.6. The molecule has 1 aromatic rings. The van der Waals surface area contributed by atoms with Gasteiger partial charge in [-0.25, -0.2) is 0 Å². The van der Waals surface area contributed by atoms with E-state index in [0.717, 1.165) is 5.56 Å². The van der Waals surface area contributed by atoms with Gasteiger partial charge in [0.25, 0.3) is 0 Å². The van der Waals surface area contributed by atoms with Crippen LogP contribution in [0.4, 0.5) is 5.69 Å². The fourth-order valence-corrected chi connectivity index (χ4v) is 4.25. The van der Waals surface area contributed by atoms with Crippen LogP contribution in [0.2, 0.25) is 0 Å². The number of piperidine rings is 1. The third kappa shape index (κ3) is 3.11. The van der Waals surface area contributed by atoms with E-state index in [4.69, 9.17) is 0 Å². The number of aliphatic carboxylic acids is 1. The van der Waals surface area contributed by atoms with Gasteiger partial charge in [0.2, 0.25) is 17.7 Å². The number of hydrogen-bond acceptors (Lipinski definition) is 4. The van der Waals surface area contributed by atoms with Crippen molar-refractivity contribution in [1.29, 1.82) is 0 Å². The van der Waals surface area contributed by atoms with Crippen molar-refractivity contribution in [1.82, 2.24) is 5.32 Å². The zero-order valence-electron chi connectivity index (χ0n) is 15.7. The third-order valence-electron chi connectivity index (χ3n) is 6.15. The maximum absolute atomic E-state index is 12.4. The van der Waals surface area contributed by atoms with Crippen LogP contribution in [0.5, 0.6) is 0 Å². The van der Waals surface area contributed by atoms with Crippen molar-refractivity contribution in [2.75, 3.05) is 5.32 Å². The van der Waals surface area contributed by atoms with Gasteiger partial charge in [-0.3, -0.25) is 24.5 Å². The number of anilines is 1. The number of imide groups is 1. The molecule has 1 saturated heterocycles. The molecule has 0 unspecified atom stereocenters. The Hall–Kier alpha value is -2.70. The number of carboxylic acids is 1. The SMILES string of the molecule is CC[C@@]1(c2ccc(NC(=O)[C@H]3[C@H](C(=O)O)C3(C)C)cc2)CCC(=O)NC1=O. The van der Waals surface area contributed by atoms with Crippen LogP contribution in [0.3, 0.4) is 0 Å². The van der Waals surface area contributed by atoms with E-state index in [9.17, 15) is 24.3 Å². The third-order valence-corrected chi connectivity index (χ3v) is 6.15. The zero-order chi connectivity index (χ0) is 20.0. The molecular formula is C20H24N2O5. The quantitative estimate of drug-likeness (QED) is 0.685. The van der Waals surface area contributed by atoms with Crippen molar-refractivity contribution in [2.45, 2.75) is 45.4 Å². The second-order valence-electron chi connectivity index (χ2n) is 7.99. The first kappa shape index (κ1) is 19.1. The second kappa shape index (κ2) is 6.48. The van der Waals surface area contributed by atoms with Gasteiger partial charge in [-0.05, 0) is 36.0 Å². The maximum Gasteiger partial charge on any atom is 0.307 e. The first-order chi connectivity index (χ1) is 12.6. The highest BCUT2D eigenvalue weighted by Crippen LogP contribution is 2.58. The lowest BCUT2D eigenvalue weighted by molar-refractivity contribution is -0.140. The fourth-order valence-electron chi connectivity index (χ4n) is 4.25. The molecule has 27 heavy (non-hydrogen) atoms. The van der Waals surface area contributed by atoms with Gasteiger partial charge in [0.05, 0.1) is 17.3 Å². The summed E-state index contributed by atoms with van der Waals surface area (Å²) in [5.41, 5.74) is 0.0374. The molecule has 7 heteroatoms. The monoisotopic (exact) mass is 372 g/mol. The van der Waals surface area contributed by atoms with Crippen LogP contribution in [-0.2, 0) is 24.6 Å². The number of carbonyl (C=O) groups is 4. The molecule has 3 rings (SSSR count). The summed E-state index contributed by atoms with van der Waals surface area (Å²) in [6.45, 7) is 5.45. The number of rotatable bonds is 5. The molecule has 7 nitrogen and oxygen atoms in total. The maximum atomic E-state index is 12.4. The molecule has 2 aliphatic rings. The molecule has 2 fully saturated rings. The smallest absolute Gasteiger partial charge is 0.307 e. The van der Waals surface area contributed by atoms with E-state index < -0.39 is 28.6 Å². The molecule has 3 amide bonds. The highest BCUT2D eigenvalue weighted by molar-refractivity contribution is 6.03. The fraction of sp³-hybridized carbons (Fsp3) is 0.500. The van der Waals surface area contributed by atoms with Crippen LogP contribution < -0.4 is 10.6 Å². The van der Waals surface area contributed by atoms with Crippen LogP contribution in [0.1, 0.15) is 45.6 Å². The van der Waals surface area contributed by atoms with Crippen molar-refractivity contribution >= 4 is 29.4 Å². The minimum absolute atomic E-state index is 0.256. The van der Waals surface area contributed by atoms with Crippen LogP contribution >= 0.6 is 0 Å². The number of hydrogen-bond donors (Lipinski definition) is 3. The number of carboxylic acid groups (broad SMARTS) is 1. The van der Waals surface area contributed by atoms with Crippen LogP contribution in [0.25, 0.3) is 0 Å². The van der Waals surface area contributed by atoms with E-state index in [-0.39, 0.29) is 17.7 Å². The van der Waals surface area contributed by atoms with Crippen molar-refractivity contribution in [3.05, 3.63) is 29.8 Å². The Bertz CT molecular complexity index is 814. The van der Waals surface area contributed by atoms with Gasteiger partial charge in [-0.15, -0.1) is 0 Å². The van der Waals surface area contributed by atoms with Gasteiger partial charge >= 0.3 is 5.97 Å². The van der Waals surface area contributed by atoms with Gasteiger partial charge in [-0.2, -0.15) is 0 Å². The number of carbonyl (C=O) groups excluding carboxylic acids is 3. The summed E-state index contributed by atoms with van der Waals surface area (Å²) < 4.78 is 0. The van der Waals surface area contributed by atoms with Crippen LogP contribution in [0, 0.1) is 17.3 Å². The minimum atomic E-state index is -0.960. The molecule has 1 aromatic carbocycles. The first-order valence-corrected chi connectivity index (χ1v) is 9.12. The summed E-state index contributed by atoms with van der Waals surface area (Å²) >= 11 is 0. The summed E-state index contributed by atoms with van der Waals surface area (Å²) in [6, 6.07) is 6.97. The lowest BCUT2D eigenvalue weighted by atomic mass is 9.72. The molecule has 0 spiro atoms. The van der Waals surface area contributed by atoms with E-state index in [2.05, 4.69) is 10.6 Å². The van der Waals surface area contributed by atoms with E-state index in [0.29, 0.717) is 24.9 Å². The second-order valence-corrected chi connectivity index (χ2v) is 7.99. The molecule has 0 radical (unpaired) electrons.